The molecule has 0 bridgehead atoms. The number of amides is 1. The van der Waals surface area contributed by atoms with E-state index in [2.05, 4.69) is 28.5 Å². The van der Waals surface area contributed by atoms with Gasteiger partial charge in [0.2, 0.25) is 5.91 Å². The van der Waals surface area contributed by atoms with Crippen LogP contribution in [0.1, 0.15) is 75.7 Å². The van der Waals surface area contributed by atoms with Crippen molar-refractivity contribution in [2.24, 2.45) is 0 Å². The second-order valence-electron chi connectivity index (χ2n) is 12.5. The zero-order valence-electron chi connectivity index (χ0n) is 31.0. The summed E-state index contributed by atoms with van der Waals surface area (Å²) in [5, 5.41) is 12.4. The number of benzene rings is 3. The van der Waals surface area contributed by atoms with Crippen LogP contribution in [0.4, 0.5) is 13.2 Å². The average Bonchev–Trinajstić information content (AvgIpc) is 3.14. The molecule has 3 aromatic carbocycles. The first kappa shape index (κ1) is 41.6. The predicted octanol–water partition coefficient (Wildman–Crippen LogP) is 8.29. The summed E-state index contributed by atoms with van der Waals surface area (Å²) in [6.07, 6.45) is -1.13. The Hall–Kier alpha value is -4.77. The molecule has 0 aliphatic carbocycles. The fourth-order valence-electron chi connectivity index (χ4n) is 5.96. The zero-order valence-corrected chi connectivity index (χ0v) is 31.0. The molecule has 1 aliphatic rings. The highest BCUT2D eigenvalue weighted by Crippen LogP contribution is 2.31. The fourth-order valence-corrected chi connectivity index (χ4v) is 5.96. The number of rotatable bonds is 11. The Kier molecular flexibility index (Phi) is 16.3. The minimum absolute atomic E-state index is 0.0258. The van der Waals surface area contributed by atoms with Crippen molar-refractivity contribution in [3.8, 4) is 11.1 Å². The molecule has 11 heteroatoms. The summed E-state index contributed by atoms with van der Waals surface area (Å²) < 4.78 is 40.7. The number of aromatic nitrogens is 3. The van der Waals surface area contributed by atoms with Crippen LogP contribution in [0, 0.1) is 0 Å². The molecule has 0 radical (unpaired) electrons. The highest BCUT2D eigenvalue weighted by Gasteiger charge is 2.30. The largest absolute Gasteiger partial charge is 0.513 e. The van der Waals surface area contributed by atoms with E-state index in [-0.39, 0.29) is 29.8 Å². The summed E-state index contributed by atoms with van der Waals surface area (Å²) in [6, 6.07) is 22.7. The normalized spacial score (nSPS) is 13.3. The summed E-state index contributed by atoms with van der Waals surface area (Å²) >= 11 is 0. The van der Waals surface area contributed by atoms with Gasteiger partial charge in [0.05, 0.1) is 11.3 Å². The Balaban J connectivity index is 0.00000114. The third kappa shape index (κ3) is 12.5. The van der Waals surface area contributed by atoms with Crippen LogP contribution in [0.3, 0.4) is 0 Å². The van der Waals surface area contributed by atoms with E-state index in [9.17, 15) is 22.8 Å². The van der Waals surface area contributed by atoms with E-state index in [0.717, 1.165) is 61.3 Å². The van der Waals surface area contributed by atoms with Gasteiger partial charge in [-0.1, -0.05) is 101 Å². The minimum Gasteiger partial charge on any atom is -0.513 e. The second-order valence-corrected chi connectivity index (χ2v) is 12.5. The van der Waals surface area contributed by atoms with Crippen molar-refractivity contribution >= 4 is 5.91 Å². The van der Waals surface area contributed by atoms with Crippen molar-refractivity contribution in [1.29, 1.82) is 0 Å². The monoisotopic (exact) mass is 719 g/mol. The van der Waals surface area contributed by atoms with Gasteiger partial charge in [-0.25, -0.2) is 4.68 Å². The van der Waals surface area contributed by atoms with Crippen LogP contribution in [0.2, 0.25) is 0 Å². The number of hydrogen-bond acceptors (Lipinski definition) is 6. The number of nitrogens with zero attached hydrogens (tertiary/aromatic N) is 5. The Morgan fingerprint density at radius 1 is 0.904 bits per heavy atom. The summed E-state index contributed by atoms with van der Waals surface area (Å²) in [7, 11) is 0. The molecule has 1 aliphatic heterocycles. The number of alkyl halides is 3. The maximum absolute atomic E-state index is 14.1. The zero-order chi connectivity index (χ0) is 38.3. The van der Waals surface area contributed by atoms with Crippen molar-refractivity contribution in [1.82, 2.24) is 24.6 Å². The number of allylic oxidation sites excluding steroid dienone is 1. The number of aliphatic hydroxyl groups excluding tert-OH is 1. The van der Waals surface area contributed by atoms with E-state index in [1.54, 1.807) is 4.68 Å². The van der Waals surface area contributed by atoms with Gasteiger partial charge in [-0.3, -0.25) is 9.59 Å². The van der Waals surface area contributed by atoms with E-state index >= 15 is 0 Å². The molecular weight excluding hydrogens is 667 g/mol. The molecule has 1 fully saturated rings. The average molecular weight is 720 g/mol. The summed E-state index contributed by atoms with van der Waals surface area (Å²) in [4.78, 5) is 35.4. The molecule has 0 saturated carbocycles. The number of carbonyl (C=O) groups excluding carboxylic acids is 1. The van der Waals surface area contributed by atoms with Crippen LogP contribution >= 0.6 is 0 Å². The molecule has 2 heterocycles. The quantitative estimate of drug-likeness (QED) is 0.157. The number of aliphatic hydroxyl groups is 1. The highest BCUT2D eigenvalue weighted by molar-refractivity contribution is 5.76. The molecular formula is C41H52F3N5O3. The molecule has 0 unspecified atom stereocenters. The van der Waals surface area contributed by atoms with Crippen molar-refractivity contribution in [3.63, 3.8) is 0 Å². The first-order valence-corrected chi connectivity index (χ1v) is 18.0. The van der Waals surface area contributed by atoms with E-state index in [0.29, 0.717) is 42.9 Å². The summed E-state index contributed by atoms with van der Waals surface area (Å²) in [6.45, 7) is 15.8. The minimum atomic E-state index is -4.38. The van der Waals surface area contributed by atoms with Gasteiger partial charge < -0.3 is 14.9 Å². The van der Waals surface area contributed by atoms with E-state index < -0.39 is 11.7 Å². The maximum atomic E-state index is 14.1. The highest BCUT2D eigenvalue weighted by atomic mass is 19.4. The lowest BCUT2D eigenvalue weighted by atomic mass is 10.00. The molecule has 0 spiro atoms. The number of piperidine rings is 1. The van der Waals surface area contributed by atoms with Crippen LogP contribution in [0.5, 0.6) is 0 Å². The molecule has 1 amide bonds. The van der Waals surface area contributed by atoms with Crippen LogP contribution < -0.4 is 5.56 Å². The second kappa shape index (κ2) is 20.3. The molecule has 1 N–H and O–H groups in total. The van der Waals surface area contributed by atoms with Crippen LogP contribution in [0.15, 0.2) is 96.0 Å². The Morgan fingerprint density at radius 3 is 1.98 bits per heavy atom. The number of aryl methyl sites for hydroxylation is 3. The summed E-state index contributed by atoms with van der Waals surface area (Å²) in [5.41, 5.74) is 2.81. The molecule has 1 saturated heterocycles. The Bertz CT molecular complexity index is 1750. The van der Waals surface area contributed by atoms with Gasteiger partial charge in [0.25, 0.3) is 5.56 Å². The molecule has 4 aromatic rings. The van der Waals surface area contributed by atoms with Crippen molar-refractivity contribution < 1.29 is 23.1 Å². The topological polar surface area (TPSA) is 91.6 Å². The smallest absolute Gasteiger partial charge is 0.416 e. The van der Waals surface area contributed by atoms with Gasteiger partial charge in [0.1, 0.15) is 18.1 Å². The fraction of sp³-hybridized carbons (Fsp3) is 0.415. The van der Waals surface area contributed by atoms with Gasteiger partial charge >= 0.3 is 6.18 Å². The molecule has 52 heavy (non-hydrogen) atoms. The van der Waals surface area contributed by atoms with Crippen molar-refractivity contribution in [3.05, 3.63) is 130 Å². The number of hydrogen-bond donors (Lipinski definition) is 1. The van der Waals surface area contributed by atoms with Gasteiger partial charge in [-0.2, -0.15) is 23.3 Å². The molecule has 1 aromatic heterocycles. The van der Waals surface area contributed by atoms with E-state index in [1.165, 1.54) is 19.1 Å². The van der Waals surface area contributed by atoms with Gasteiger partial charge in [0, 0.05) is 32.1 Å². The maximum Gasteiger partial charge on any atom is 0.416 e. The van der Waals surface area contributed by atoms with Gasteiger partial charge in [-0.05, 0) is 73.5 Å². The van der Waals surface area contributed by atoms with Crippen LogP contribution in [0.25, 0.3) is 11.1 Å². The third-order valence-corrected chi connectivity index (χ3v) is 8.73. The molecule has 0 atom stereocenters. The first-order chi connectivity index (χ1) is 24.9. The lowest BCUT2D eigenvalue weighted by molar-refractivity contribution is -0.138. The third-order valence-electron chi connectivity index (χ3n) is 8.73. The number of carbonyl (C=O) groups is 1. The lowest BCUT2D eigenvalue weighted by Gasteiger charge is -2.38. The Labute approximate surface area is 305 Å². The first-order valence-electron chi connectivity index (χ1n) is 18.0. The van der Waals surface area contributed by atoms with Gasteiger partial charge in [-0.15, -0.1) is 0 Å². The van der Waals surface area contributed by atoms with Crippen molar-refractivity contribution in [2.75, 3.05) is 19.6 Å². The standard InChI is InChI=1S/C36H40F3N5O2.C3H6O.C2H6/c1-3-32-35(46)40-33(19-12-26-8-6-5-7-9-26)44(41-32)25-34(45)43(31-20-22-42(4-2)23-21-31)24-27-10-13-28(14-11-27)29-15-17-30(18-16-29)36(37,38)39;1-3(2)4;1-2/h5-11,13-18,31H,3-4,12,19-25H2,1-2H3;4H,1H2,2H3;1-2H3. The van der Waals surface area contributed by atoms with E-state index in [1.807, 2.05) is 80.3 Å². The Morgan fingerprint density at radius 2 is 1.46 bits per heavy atom. The number of halogens is 3. The van der Waals surface area contributed by atoms with Crippen LogP contribution in [-0.2, 0) is 43.3 Å². The number of likely N-dealkylation sites (tertiary alicyclic amines) is 1. The van der Waals surface area contributed by atoms with Crippen LogP contribution in [-0.4, -0.2) is 61.3 Å². The lowest BCUT2D eigenvalue weighted by Crippen LogP contribution is -2.48. The molecule has 280 valence electrons. The van der Waals surface area contributed by atoms with Crippen molar-refractivity contribution in [2.45, 2.75) is 92.0 Å². The molecule has 5 rings (SSSR count). The van der Waals surface area contributed by atoms with E-state index in [4.69, 9.17) is 5.11 Å². The van der Waals surface area contributed by atoms with Gasteiger partial charge in [0.15, 0.2) is 0 Å². The molecule has 8 nitrogen and oxygen atoms in total. The summed E-state index contributed by atoms with van der Waals surface area (Å²) in [5.74, 6) is 0.559. The predicted molar refractivity (Wildman–Crippen MR) is 201 cm³/mol. The SMILES string of the molecule is C=C(C)O.CC.CCc1nn(CC(=O)N(Cc2ccc(-c3ccc(C(F)(F)F)cc3)cc2)C2CCN(CC)CC2)c(CCc2ccccc2)nc1=O.